The zero-order valence-corrected chi connectivity index (χ0v) is 8.07. The van der Waals surface area contributed by atoms with E-state index >= 15 is 0 Å². The number of aryl methyl sites for hydroxylation is 1. The third kappa shape index (κ3) is 2.58. The number of carboxylic acid groups (broad SMARTS) is 1. The van der Waals surface area contributed by atoms with Crippen molar-refractivity contribution in [3.8, 4) is 12.3 Å². The molecule has 15 heavy (non-hydrogen) atoms. The van der Waals surface area contributed by atoms with Gasteiger partial charge in [-0.05, 0) is 36.6 Å². The van der Waals surface area contributed by atoms with Crippen LogP contribution < -0.4 is 5.32 Å². The highest BCUT2D eigenvalue weighted by molar-refractivity contribution is 6.04. The first-order chi connectivity index (χ1) is 7.04. The van der Waals surface area contributed by atoms with Gasteiger partial charge in [-0.2, -0.15) is 0 Å². The highest BCUT2D eigenvalue weighted by Gasteiger charge is 2.06. The summed E-state index contributed by atoms with van der Waals surface area (Å²) in [6.45, 7) is 1.69. The van der Waals surface area contributed by atoms with E-state index in [0.29, 0.717) is 11.3 Å². The summed E-state index contributed by atoms with van der Waals surface area (Å²) in [5.41, 5.74) is 1.34. The van der Waals surface area contributed by atoms with Gasteiger partial charge in [-0.25, -0.2) is 4.79 Å². The Balaban J connectivity index is 2.99. The SMILES string of the molecule is C#CC(=O)Nc1ccc(C(=O)O)cc1C. The number of anilines is 1. The molecule has 76 valence electrons. The van der Waals surface area contributed by atoms with Gasteiger partial charge < -0.3 is 10.4 Å². The van der Waals surface area contributed by atoms with Crippen LogP contribution in [0.3, 0.4) is 0 Å². The Morgan fingerprint density at radius 3 is 2.60 bits per heavy atom. The van der Waals surface area contributed by atoms with Crippen LogP contribution in [0.4, 0.5) is 5.69 Å². The van der Waals surface area contributed by atoms with E-state index < -0.39 is 11.9 Å². The summed E-state index contributed by atoms with van der Waals surface area (Å²) in [7, 11) is 0. The average Bonchev–Trinajstić information content (AvgIpc) is 2.20. The molecular weight excluding hydrogens is 194 g/mol. The van der Waals surface area contributed by atoms with Crippen LogP contribution in [0.25, 0.3) is 0 Å². The second kappa shape index (κ2) is 4.29. The lowest BCUT2D eigenvalue weighted by Crippen LogP contribution is -2.09. The molecular formula is C11H9NO3. The standard InChI is InChI=1S/C11H9NO3/c1-3-10(13)12-9-5-4-8(11(14)15)6-7(9)2/h1,4-6H,2H3,(H,12,13)(H,14,15). The molecule has 0 unspecified atom stereocenters. The number of benzene rings is 1. The lowest BCUT2D eigenvalue weighted by molar-refractivity contribution is -0.111. The van der Waals surface area contributed by atoms with Crippen molar-refractivity contribution >= 4 is 17.6 Å². The number of rotatable bonds is 2. The van der Waals surface area contributed by atoms with E-state index in [1.165, 1.54) is 18.2 Å². The minimum atomic E-state index is -1.01. The topological polar surface area (TPSA) is 66.4 Å². The monoisotopic (exact) mass is 203 g/mol. The predicted octanol–water partition coefficient (Wildman–Crippen LogP) is 1.26. The first-order valence-corrected chi connectivity index (χ1v) is 4.16. The van der Waals surface area contributed by atoms with E-state index in [1.54, 1.807) is 6.92 Å². The van der Waals surface area contributed by atoms with Crippen LogP contribution in [-0.4, -0.2) is 17.0 Å². The molecule has 4 nitrogen and oxygen atoms in total. The van der Waals surface area contributed by atoms with E-state index in [1.807, 2.05) is 5.92 Å². The molecule has 0 bridgehead atoms. The van der Waals surface area contributed by atoms with Crippen LogP contribution >= 0.6 is 0 Å². The highest BCUT2D eigenvalue weighted by Crippen LogP contribution is 2.16. The van der Waals surface area contributed by atoms with E-state index in [-0.39, 0.29) is 5.56 Å². The van der Waals surface area contributed by atoms with Gasteiger partial charge in [0.15, 0.2) is 0 Å². The summed E-state index contributed by atoms with van der Waals surface area (Å²) in [5, 5.41) is 11.2. The maximum Gasteiger partial charge on any atom is 0.335 e. The molecule has 0 saturated carbocycles. The van der Waals surface area contributed by atoms with Gasteiger partial charge in [0, 0.05) is 5.69 Å². The van der Waals surface area contributed by atoms with Crippen molar-refractivity contribution in [3.63, 3.8) is 0 Å². The lowest BCUT2D eigenvalue weighted by atomic mass is 10.1. The Bertz CT molecular complexity index is 457. The molecule has 1 rings (SSSR count). The van der Waals surface area contributed by atoms with Crippen molar-refractivity contribution in [2.45, 2.75) is 6.92 Å². The van der Waals surface area contributed by atoms with Gasteiger partial charge in [0.25, 0.3) is 5.91 Å². The number of nitrogens with one attached hydrogen (secondary N) is 1. The normalized spacial score (nSPS) is 9.07. The van der Waals surface area contributed by atoms with Crippen LogP contribution in [0.1, 0.15) is 15.9 Å². The van der Waals surface area contributed by atoms with Crippen LogP contribution in [-0.2, 0) is 4.79 Å². The van der Waals surface area contributed by atoms with E-state index in [4.69, 9.17) is 11.5 Å². The highest BCUT2D eigenvalue weighted by atomic mass is 16.4. The van der Waals surface area contributed by atoms with E-state index in [2.05, 4.69) is 5.32 Å². The predicted molar refractivity (Wildman–Crippen MR) is 55.6 cm³/mol. The Morgan fingerprint density at radius 1 is 1.47 bits per heavy atom. The molecule has 0 spiro atoms. The number of hydrogen-bond acceptors (Lipinski definition) is 2. The molecule has 1 aromatic rings. The maximum absolute atomic E-state index is 10.9. The third-order valence-electron chi connectivity index (χ3n) is 1.85. The van der Waals surface area contributed by atoms with Gasteiger partial charge in [0.1, 0.15) is 0 Å². The zero-order chi connectivity index (χ0) is 11.4. The fraction of sp³-hybridized carbons (Fsp3) is 0.0909. The lowest BCUT2D eigenvalue weighted by Gasteiger charge is -2.06. The van der Waals surface area contributed by atoms with Crippen molar-refractivity contribution in [3.05, 3.63) is 29.3 Å². The van der Waals surface area contributed by atoms with Crippen molar-refractivity contribution in [2.24, 2.45) is 0 Å². The van der Waals surface area contributed by atoms with Crippen LogP contribution in [0.5, 0.6) is 0 Å². The summed E-state index contributed by atoms with van der Waals surface area (Å²) in [6.07, 6.45) is 4.89. The Hall–Kier alpha value is -2.28. The molecule has 0 saturated heterocycles. The minimum Gasteiger partial charge on any atom is -0.478 e. The molecule has 0 aliphatic heterocycles. The zero-order valence-electron chi connectivity index (χ0n) is 8.07. The number of amides is 1. The summed E-state index contributed by atoms with van der Waals surface area (Å²) in [6, 6.07) is 4.38. The van der Waals surface area contributed by atoms with Crippen molar-refractivity contribution in [1.29, 1.82) is 0 Å². The molecule has 0 aliphatic rings. The number of hydrogen-bond donors (Lipinski definition) is 2. The van der Waals surface area contributed by atoms with Crippen molar-refractivity contribution in [1.82, 2.24) is 0 Å². The number of carboxylic acids is 1. The summed E-state index contributed by atoms with van der Waals surface area (Å²) < 4.78 is 0. The Morgan fingerprint density at radius 2 is 2.13 bits per heavy atom. The van der Waals surface area contributed by atoms with Gasteiger partial charge in [-0.15, -0.1) is 6.42 Å². The molecule has 0 radical (unpaired) electrons. The summed E-state index contributed by atoms with van der Waals surface area (Å²) in [4.78, 5) is 21.5. The van der Waals surface area contributed by atoms with Gasteiger partial charge in [-0.1, -0.05) is 0 Å². The molecule has 0 fully saturated rings. The number of carbonyl (C=O) groups is 2. The largest absolute Gasteiger partial charge is 0.478 e. The molecule has 1 amide bonds. The summed E-state index contributed by atoms with van der Waals surface area (Å²) >= 11 is 0. The summed E-state index contributed by atoms with van der Waals surface area (Å²) in [5.74, 6) is 0.351. The first-order valence-electron chi connectivity index (χ1n) is 4.16. The van der Waals surface area contributed by atoms with Gasteiger partial charge in [-0.3, -0.25) is 4.79 Å². The van der Waals surface area contributed by atoms with E-state index in [0.717, 1.165) is 0 Å². The van der Waals surface area contributed by atoms with Crippen LogP contribution in [0.15, 0.2) is 18.2 Å². The molecule has 2 N–H and O–H groups in total. The number of carbonyl (C=O) groups excluding carboxylic acids is 1. The molecule has 0 aliphatic carbocycles. The second-order valence-electron chi connectivity index (χ2n) is 2.93. The minimum absolute atomic E-state index is 0.172. The third-order valence-corrected chi connectivity index (χ3v) is 1.85. The van der Waals surface area contributed by atoms with Gasteiger partial charge in [0.2, 0.25) is 0 Å². The molecule has 0 atom stereocenters. The molecule has 1 aromatic carbocycles. The fourth-order valence-corrected chi connectivity index (χ4v) is 1.10. The van der Waals surface area contributed by atoms with Gasteiger partial charge >= 0.3 is 5.97 Å². The van der Waals surface area contributed by atoms with E-state index in [9.17, 15) is 9.59 Å². The molecule has 4 heteroatoms. The van der Waals surface area contributed by atoms with Crippen LogP contribution in [0, 0.1) is 19.3 Å². The number of terminal acetylenes is 1. The average molecular weight is 203 g/mol. The first kappa shape index (κ1) is 10.8. The van der Waals surface area contributed by atoms with Crippen molar-refractivity contribution < 1.29 is 14.7 Å². The molecule has 0 heterocycles. The smallest absolute Gasteiger partial charge is 0.335 e. The fourth-order valence-electron chi connectivity index (χ4n) is 1.10. The molecule has 0 aromatic heterocycles. The quantitative estimate of drug-likeness (QED) is 0.711. The number of aromatic carboxylic acids is 1. The maximum atomic E-state index is 10.9. The second-order valence-corrected chi connectivity index (χ2v) is 2.93. The Labute approximate surface area is 86.9 Å². The Kier molecular flexibility index (Phi) is 3.09. The van der Waals surface area contributed by atoms with Crippen LogP contribution in [0.2, 0.25) is 0 Å². The van der Waals surface area contributed by atoms with Gasteiger partial charge in [0.05, 0.1) is 5.56 Å². The van der Waals surface area contributed by atoms with Crippen molar-refractivity contribution in [2.75, 3.05) is 5.32 Å².